The maximum Gasteiger partial charge on any atom is 0.241 e. The van der Waals surface area contributed by atoms with Crippen molar-refractivity contribution in [2.45, 2.75) is 49.5 Å². The minimum absolute atomic E-state index is 0.105. The first-order chi connectivity index (χ1) is 9.36. The number of benzene rings is 1. The number of hydrogen-bond donors (Lipinski definition) is 1. The standard InChI is InChI=1S/C14H17ClN2O2S/c1-14(7-3-2-4-8-14)17-20(18,19)12-6-5-11(10-16)13(15)9-12/h5-6,9,17H,2-4,7-8H2,1H3. The molecule has 0 radical (unpaired) electrons. The van der Waals surface area contributed by atoms with Crippen LogP contribution in [0.4, 0.5) is 0 Å². The van der Waals surface area contributed by atoms with Crippen LogP contribution in [0.25, 0.3) is 0 Å². The highest BCUT2D eigenvalue weighted by molar-refractivity contribution is 7.89. The maximum absolute atomic E-state index is 12.4. The molecule has 1 fully saturated rings. The Morgan fingerprint density at radius 3 is 2.50 bits per heavy atom. The fraction of sp³-hybridized carbons (Fsp3) is 0.500. The van der Waals surface area contributed by atoms with Gasteiger partial charge in [-0.15, -0.1) is 0 Å². The van der Waals surface area contributed by atoms with E-state index in [1.807, 2.05) is 13.0 Å². The highest BCUT2D eigenvalue weighted by Crippen LogP contribution is 2.30. The van der Waals surface area contributed by atoms with Crippen molar-refractivity contribution in [3.8, 4) is 6.07 Å². The number of hydrogen-bond acceptors (Lipinski definition) is 3. The minimum Gasteiger partial charge on any atom is -0.207 e. The van der Waals surface area contributed by atoms with Crippen LogP contribution in [0.15, 0.2) is 23.1 Å². The Hall–Kier alpha value is -1.09. The van der Waals surface area contributed by atoms with Gasteiger partial charge in [0, 0.05) is 5.54 Å². The molecule has 1 aliphatic rings. The average Bonchev–Trinajstić information content (AvgIpc) is 2.38. The lowest BCUT2D eigenvalue weighted by Gasteiger charge is -2.34. The average molecular weight is 313 g/mol. The van der Waals surface area contributed by atoms with Gasteiger partial charge in [0.15, 0.2) is 0 Å². The summed E-state index contributed by atoms with van der Waals surface area (Å²) in [5.74, 6) is 0. The van der Waals surface area contributed by atoms with Crippen LogP contribution in [0.1, 0.15) is 44.6 Å². The zero-order valence-electron chi connectivity index (χ0n) is 11.3. The molecule has 0 aliphatic heterocycles. The molecule has 20 heavy (non-hydrogen) atoms. The van der Waals surface area contributed by atoms with Gasteiger partial charge in [-0.25, -0.2) is 13.1 Å². The molecule has 0 spiro atoms. The van der Waals surface area contributed by atoms with E-state index >= 15 is 0 Å². The van der Waals surface area contributed by atoms with E-state index in [1.165, 1.54) is 18.2 Å². The van der Waals surface area contributed by atoms with E-state index in [9.17, 15) is 8.42 Å². The summed E-state index contributed by atoms with van der Waals surface area (Å²) in [7, 11) is -3.61. The van der Waals surface area contributed by atoms with Crippen molar-refractivity contribution in [3.05, 3.63) is 28.8 Å². The highest BCUT2D eigenvalue weighted by Gasteiger charge is 2.32. The summed E-state index contributed by atoms with van der Waals surface area (Å²) >= 11 is 5.90. The second kappa shape index (κ2) is 5.72. The van der Waals surface area contributed by atoms with Gasteiger partial charge in [0.25, 0.3) is 0 Å². The Morgan fingerprint density at radius 1 is 1.30 bits per heavy atom. The summed E-state index contributed by atoms with van der Waals surface area (Å²) in [4.78, 5) is 0.105. The Bertz CT molecular complexity index is 644. The van der Waals surface area contributed by atoms with E-state index in [-0.39, 0.29) is 15.5 Å². The van der Waals surface area contributed by atoms with Gasteiger partial charge < -0.3 is 0 Å². The molecule has 0 heterocycles. The van der Waals surface area contributed by atoms with E-state index in [2.05, 4.69) is 4.72 Å². The lowest BCUT2D eigenvalue weighted by Crippen LogP contribution is -2.47. The number of nitrogens with zero attached hydrogens (tertiary/aromatic N) is 1. The Morgan fingerprint density at radius 2 is 1.95 bits per heavy atom. The van der Waals surface area contributed by atoms with Crippen molar-refractivity contribution in [2.75, 3.05) is 0 Å². The molecule has 0 unspecified atom stereocenters. The zero-order valence-corrected chi connectivity index (χ0v) is 12.9. The minimum atomic E-state index is -3.61. The maximum atomic E-state index is 12.4. The second-order valence-corrected chi connectivity index (χ2v) is 7.57. The van der Waals surface area contributed by atoms with Crippen LogP contribution in [-0.2, 0) is 10.0 Å². The summed E-state index contributed by atoms with van der Waals surface area (Å²) in [6.45, 7) is 1.94. The summed E-state index contributed by atoms with van der Waals surface area (Å²) in [6, 6.07) is 6.09. The molecule has 1 aromatic rings. The summed E-state index contributed by atoms with van der Waals surface area (Å²) in [6.07, 6.45) is 4.91. The molecule has 0 saturated heterocycles. The fourth-order valence-corrected chi connectivity index (χ4v) is 4.35. The molecule has 4 nitrogen and oxygen atoms in total. The molecule has 0 bridgehead atoms. The Kier molecular flexibility index (Phi) is 4.38. The molecule has 0 atom stereocenters. The van der Waals surface area contributed by atoms with Gasteiger partial charge in [-0.05, 0) is 38.0 Å². The molecule has 0 amide bonds. The van der Waals surface area contributed by atoms with Crippen molar-refractivity contribution >= 4 is 21.6 Å². The number of sulfonamides is 1. The summed E-state index contributed by atoms with van der Waals surface area (Å²) in [5.41, 5.74) is -0.119. The van der Waals surface area contributed by atoms with Gasteiger partial charge in [-0.3, -0.25) is 0 Å². The first kappa shape index (κ1) is 15.3. The smallest absolute Gasteiger partial charge is 0.207 e. The molecular formula is C14H17ClN2O2S. The van der Waals surface area contributed by atoms with Gasteiger partial charge in [-0.1, -0.05) is 30.9 Å². The summed E-state index contributed by atoms with van der Waals surface area (Å²) in [5, 5.41) is 8.97. The molecular weight excluding hydrogens is 296 g/mol. The molecule has 1 saturated carbocycles. The fourth-order valence-electron chi connectivity index (χ4n) is 2.57. The zero-order chi connectivity index (χ0) is 14.8. The van der Waals surface area contributed by atoms with E-state index in [1.54, 1.807) is 0 Å². The largest absolute Gasteiger partial charge is 0.241 e. The van der Waals surface area contributed by atoms with Crippen LogP contribution in [0.2, 0.25) is 5.02 Å². The molecule has 6 heteroatoms. The van der Waals surface area contributed by atoms with Crippen LogP contribution in [0, 0.1) is 11.3 Å². The third-order valence-electron chi connectivity index (χ3n) is 3.71. The lowest BCUT2D eigenvalue weighted by atomic mass is 9.84. The van der Waals surface area contributed by atoms with Gasteiger partial charge in [0.05, 0.1) is 15.5 Å². The molecule has 2 rings (SSSR count). The van der Waals surface area contributed by atoms with E-state index in [0.29, 0.717) is 0 Å². The number of rotatable bonds is 3. The molecule has 1 aliphatic carbocycles. The molecule has 108 valence electrons. The number of nitrogens with one attached hydrogen (secondary N) is 1. The number of halogens is 1. The second-order valence-electron chi connectivity index (χ2n) is 5.48. The Balaban J connectivity index is 2.26. The molecule has 1 N–H and O–H groups in total. The highest BCUT2D eigenvalue weighted by atomic mass is 35.5. The SMILES string of the molecule is CC1(NS(=O)(=O)c2ccc(C#N)c(Cl)c2)CCCCC1. The molecule has 1 aromatic carbocycles. The van der Waals surface area contributed by atoms with Crippen LogP contribution in [0.5, 0.6) is 0 Å². The predicted octanol–water partition coefficient (Wildman–Crippen LogP) is 3.21. The van der Waals surface area contributed by atoms with Crippen LogP contribution in [0.3, 0.4) is 0 Å². The van der Waals surface area contributed by atoms with Gasteiger partial charge in [0.1, 0.15) is 6.07 Å². The lowest BCUT2D eigenvalue weighted by molar-refractivity contribution is 0.294. The van der Waals surface area contributed by atoms with Gasteiger partial charge in [0.2, 0.25) is 10.0 Å². The quantitative estimate of drug-likeness (QED) is 0.931. The first-order valence-corrected chi connectivity index (χ1v) is 8.46. The van der Waals surface area contributed by atoms with E-state index in [0.717, 1.165) is 32.1 Å². The summed E-state index contributed by atoms with van der Waals surface area (Å²) < 4.78 is 27.6. The van der Waals surface area contributed by atoms with Crippen LogP contribution < -0.4 is 4.72 Å². The predicted molar refractivity (Wildman–Crippen MR) is 78.0 cm³/mol. The van der Waals surface area contributed by atoms with Crippen molar-refractivity contribution < 1.29 is 8.42 Å². The normalized spacial score (nSPS) is 18.4. The van der Waals surface area contributed by atoms with Crippen molar-refractivity contribution in [2.24, 2.45) is 0 Å². The van der Waals surface area contributed by atoms with E-state index < -0.39 is 15.6 Å². The van der Waals surface area contributed by atoms with Crippen LogP contribution in [-0.4, -0.2) is 14.0 Å². The molecule has 0 aromatic heterocycles. The van der Waals surface area contributed by atoms with Crippen molar-refractivity contribution in [1.82, 2.24) is 4.72 Å². The van der Waals surface area contributed by atoms with Crippen molar-refractivity contribution in [3.63, 3.8) is 0 Å². The topological polar surface area (TPSA) is 70.0 Å². The van der Waals surface area contributed by atoms with Gasteiger partial charge >= 0.3 is 0 Å². The van der Waals surface area contributed by atoms with Crippen LogP contribution >= 0.6 is 11.6 Å². The Labute approximate surface area is 124 Å². The van der Waals surface area contributed by atoms with E-state index in [4.69, 9.17) is 16.9 Å². The van der Waals surface area contributed by atoms with Gasteiger partial charge in [-0.2, -0.15) is 5.26 Å². The first-order valence-electron chi connectivity index (χ1n) is 6.60. The third kappa shape index (κ3) is 3.32. The third-order valence-corrected chi connectivity index (χ3v) is 5.66. The number of nitriles is 1. The van der Waals surface area contributed by atoms with Crippen molar-refractivity contribution in [1.29, 1.82) is 5.26 Å². The monoisotopic (exact) mass is 312 g/mol.